The number of carbonyl (C=O) groups is 1. The van der Waals surface area contributed by atoms with Gasteiger partial charge in [-0.2, -0.15) is 0 Å². The van der Waals surface area contributed by atoms with E-state index >= 15 is 0 Å². The minimum absolute atomic E-state index is 0.167. The number of nitrogens with zero attached hydrogens (tertiary/aromatic N) is 1. The number of nitrogens with two attached hydrogens (primary N) is 1. The van der Waals surface area contributed by atoms with Gasteiger partial charge in [-0.05, 0) is 44.2 Å². The molecule has 1 rings (SSSR count). The number of amides is 1. The summed E-state index contributed by atoms with van der Waals surface area (Å²) in [5.74, 6) is -0.167. The van der Waals surface area contributed by atoms with Crippen LogP contribution in [0.5, 0.6) is 0 Å². The first-order valence-corrected chi connectivity index (χ1v) is 6.50. The van der Waals surface area contributed by atoms with Crippen molar-refractivity contribution in [3.63, 3.8) is 0 Å². The summed E-state index contributed by atoms with van der Waals surface area (Å²) in [5, 5.41) is 0. The lowest BCUT2D eigenvalue weighted by Crippen LogP contribution is -2.40. The van der Waals surface area contributed by atoms with Crippen LogP contribution in [-0.2, 0) is 4.79 Å². The van der Waals surface area contributed by atoms with Crippen molar-refractivity contribution in [2.75, 3.05) is 19.6 Å². The molecule has 0 radical (unpaired) electrons. The molecule has 1 amide bonds. The molecule has 3 nitrogen and oxygen atoms in total. The van der Waals surface area contributed by atoms with E-state index in [4.69, 9.17) is 5.73 Å². The zero-order valence-corrected chi connectivity index (χ0v) is 10.8. The molecule has 94 valence electrons. The standard InChI is InChI=1S/C13H26N2O/c1-13(2)8-6-10-15(11-13)9-5-3-4-7-12(14)16/h3-11H2,1-2H3,(H2,14,16). The van der Waals surface area contributed by atoms with Crippen LogP contribution in [0.1, 0.15) is 52.4 Å². The third-order valence-electron chi connectivity index (χ3n) is 3.38. The average Bonchev–Trinajstić information content (AvgIpc) is 2.15. The number of unbranched alkanes of at least 4 members (excludes halogenated alkanes) is 2. The first-order valence-electron chi connectivity index (χ1n) is 6.50. The van der Waals surface area contributed by atoms with E-state index in [2.05, 4.69) is 18.7 Å². The van der Waals surface area contributed by atoms with Crippen LogP contribution in [0, 0.1) is 5.41 Å². The van der Waals surface area contributed by atoms with Crippen molar-refractivity contribution < 1.29 is 4.79 Å². The van der Waals surface area contributed by atoms with Gasteiger partial charge in [0.25, 0.3) is 0 Å². The highest BCUT2D eigenvalue weighted by Crippen LogP contribution is 2.28. The van der Waals surface area contributed by atoms with Gasteiger partial charge in [0.05, 0.1) is 0 Å². The van der Waals surface area contributed by atoms with Crippen molar-refractivity contribution in [1.82, 2.24) is 4.90 Å². The van der Waals surface area contributed by atoms with E-state index in [9.17, 15) is 4.79 Å². The highest BCUT2D eigenvalue weighted by molar-refractivity contribution is 5.73. The van der Waals surface area contributed by atoms with Crippen molar-refractivity contribution in [2.45, 2.75) is 52.4 Å². The molecule has 1 aliphatic heterocycles. The quantitative estimate of drug-likeness (QED) is 0.705. The fourth-order valence-corrected chi connectivity index (χ4v) is 2.55. The molecule has 0 aromatic rings. The molecule has 0 spiro atoms. The molecular formula is C13H26N2O. The zero-order chi connectivity index (χ0) is 12.0. The van der Waals surface area contributed by atoms with E-state index in [1.54, 1.807) is 0 Å². The Hall–Kier alpha value is -0.570. The second-order valence-corrected chi connectivity index (χ2v) is 5.82. The van der Waals surface area contributed by atoms with Crippen molar-refractivity contribution >= 4 is 5.91 Å². The lowest BCUT2D eigenvalue weighted by atomic mass is 9.84. The number of carbonyl (C=O) groups excluding carboxylic acids is 1. The van der Waals surface area contributed by atoms with Crippen LogP contribution in [0.25, 0.3) is 0 Å². The summed E-state index contributed by atoms with van der Waals surface area (Å²) >= 11 is 0. The molecule has 0 aliphatic carbocycles. The maximum atomic E-state index is 10.6. The topological polar surface area (TPSA) is 46.3 Å². The van der Waals surface area contributed by atoms with Crippen molar-refractivity contribution in [3.05, 3.63) is 0 Å². The van der Waals surface area contributed by atoms with Crippen LogP contribution >= 0.6 is 0 Å². The Morgan fingerprint density at radius 2 is 2.06 bits per heavy atom. The molecule has 3 heteroatoms. The molecule has 0 unspecified atom stereocenters. The van der Waals surface area contributed by atoms with Gasteiger partial charge in [-0.3, -0.25) is 4.79 Å². The molecule has 0 aromatic heterocycles. The van der Waals surface area contributed by atoms with E-state index in [1.165, 1.54) is 38.9 Å². The normalized spacial score (nSPS) is 20.9. The average molecular weight is 226 g/mol. The van der Waals surface area contributed by atoms with Crippen molar-refractivity contribution in [1.29, 1.82) is 0 Å². The van der Waals surface area contributed by atoms with Crippen LogP contribution in [-0.4, -0.2) is 30.4 Å². The first kappa shape index (κ1) is 13.5. The van der Waals surface area contributed by atoms with Crippen molar-refractivity contribution in [3.8, 4) is 0 Å². The highest BCUT2D eigenvalue weighted by atomic mass is 16.1. The van der Waals surface area contributed by atoms with Gasteiger partial charge >= 0.3 is 0 Å². The molecule has 1 heterocycles. The van der Waals surface area contributed by atoms with Crippen LogP contribution in [0.2, 0.25) is 0 Å². The Balaban J connectivity index is 2.06. The minimum Gasteiger partial charge on any atom is -0.370 e. The third-order valence-corrected chi connectivity index (χ3v) is 3.38. The maximum Gasteiger partial charge on any atom is 0.217 e. The maximum absolute atomic E-state index is 10.6. The van der Waals surface area contributed by atoms with Gasteiger partial charge in [-0.15, -0.1) is 0 Å². The van der Waals surface area contributed by atoms with Crippen molar-refractivity contribution in [2.24, 2.45) is 11.1 Å². The Bertz CT molecular complexity index is 226. The summed E-state index contributed by atoms with van der Waals surface area (Å²) in [6.45, 7) is 8.36. The molecule has 2 N–H and O–H groups in total. The zero-order valence-electron chi connectivity index (χ0n) is 10.8. The fraction of sp³-hybridized carbons (Fsp3) is 0.923. The highest BCUT2D eigenvalue weighted by Gasteiger charge is 2.25. The molecular weight excluding hydrogens is 200 g/mol. The van der Waals surface area contributed by atoms with Gasteiger partial charge in [0, 0.05) is 13.0 Å². The largest absolute Gasteiger partial charge is 0.370 e. The van der Waals surface area contributed by atoms with Gasteiger partial charge in [0.1, 0.15) is 0 Å². The number of hydrogen-bond acceptors (Lipinski definition) is 2. The second-order valence-electron chi connectivity index (χ2n) is 5.82. The molecule has 0 aromatic carbocycles. The Kier molecular flexibility index (Phi) is 5.26. The molecule has 1 aliphatic rings. The summed E-state index contributed by atoms with van der Waals surface area (Å²) in [6, 6.07) is 0. The number of rotatable bonds is 6. The second kappa shape index (κ2) is 6.24. The predicted octanol–water partition coefficient (Wildman–Crippen LogP) is 2.15. The van der Waals surface area contributed by atoms with E-state index < -0.39 is 0 Å². The summed E-state index contributed by atoms with van der Waals surface area (Å²) in [6.07, 6.45) is 6.50. The van der Waals surface area contributed by atoms with Gasteiger partial charge in [0.15, 0.2) is 0 Å². The fourth-order valence-electron chi connectivity index (χ4n) is 2.55. The van der Waals surface area contributed by atoms with E-state index in [0.29, 0.717) is 11.8 Å². The monoisotopic (exact) mass is 226 g/mol. The van der Waals surface area contributed by atoms with Gasteiger partial charge < -0.3 is 10.6 Å². The van der Waals surface area contributed by atoms with Gasteiger partial charge in [-0.1, -0.05) is 20.3 Å². The number of hydrogen-bond donors (Lipinski definition) is 1. The number of primary amides is 1. The summed E-state index contributed by atoms with van der Waals surface area (Å²) < 4.78 is 0. The van der Waals surface area contributed by atoms with Crippen LogP contribution in [0.15, 0.2) is 0 Å². The number of piperidine rings is 1. The summed E-state index contributed by atoms with van der Waals surface area (Å²) in [4.78, 5) is 13.1. The van der Waals surface area contributed by atoms with E-state index in [0.717, 1.165) is 12.8 Å². The molecule has 0 bridgehead atoms. The molecule has 16 heavy (non-hydrogen) atoms. The Morgan fingerprint density at radius 3 is 2.69 bits per heavy atom. The predicted molar refractivity (Wildman–Crippen MR) is 67.1 cm³/mol. The summed E-state index contributed by atoms with van der Waals surface area (Å²) in [5.41, 5.74) is 5.60. The SMILES string of the molecule is CC1(C)CCCN(CCCCCC(N)=O)C1. The Morgan fingerprint density at radius 1 is 1.31 bits per heavy atom. The van der Waals surface area contributed by atoms with Gasteiger partial charge in [0.2, 0.25) is 5.91 Å². The molecule has 1 fully saturated rings. The molecule has 1 saturated heterocycles. The first-order chi connectivity index (χ1) is 7.49. The lowest BCUT2D eigenvalue weighted by Gasteiger charge is -2.38. The number of likely N-dealkylation sites (tertiary alicyclic amines) is 1. The molecule has 0 saturated carbocycles. The molecule has 0 atom stereocenters. The van der Waals surface area contributed by atoms with Crippen LogP contribution < -0.4 is 5.73 Å². The van der Waals surface area contributed by atoms with E-state index in [-0.39, 0.29) is 5.91 Å². The summed E-state index contributed by atoms with van der Waals surface area (Å²) in [7, 11) is 0. The smallest absolute Gasteiger partial charge is 0.217 e. The Labute approximate surface area is 99.4 Å². The van der Waals surface area contributed by atoms with Gasteiger partial charge in [-0.25, -0.2) is 0 Å². The van der Waals surface area contributed by atoms with Crippen LogP contribution in [0.3, 0.4) is 0 Å². The van der Waals surface area contributed by atoms with E-state index in [1.807, 2.05) is 0 Å². The third kappa shape index (κ3) is 5.50. The lowest BCUT2D eigenvalue weighted by molar-refractivity contribution is -0.118. The van der Waals surface area contributed by atoms with Crippen LogP contribution in [0.4, 0.5) is 0 Å². The minimum atomic E-state index is -0.167.